The molecule has 0 spiro atoms. The Morgan fingerprint density at radius 2 is 2.13 bits per heavy atom. The minimum atomic E-state index is -0.153. The third-order valence-electron chi connectivity index (χ3n) is 1.74. The summed E-state index contributed by atoms with van der Waals surface area (Å²) in [6, 6.07) is 5.03. The van der Waals surface area contributed by atoms with Crippen LogP contribution in [0.2, 0.25) is 10.0 Å². The van der Waals surface area contributed by atoms with Crippen molar-refractivity contribution in [3.63, 3.8) is 0 Å². The first kappa shape index (κ1) is 12.1. The maximum Gasteiger partial charge on any atom is 0.121 e. The number of rotatable bonds is 4. The van der Waals surface area contributed by atoms with E-state index in [9.17, 15) is 0 Å². The number of ether oxygens (including phenoxy) is 1. The van der Waals surface area contributed by atoms with Gasteiger partial charge in [-0.1, -0.05) is 23.2 Å². The van der Waals surface area contributed by atoms with Crippen LogP contribution in [0.4, 0.5) is 0 Å². The van der Waals surface area contributed by atoms with Gasteiger partial charge < -0.3 is 10.5 Å². The first-order valence-electron chi connectivity index (χ1n) is 4.43. The number of amidine groups is 1. The molecule has 0 aliphatic rings. The molecule has 3 nitrogen and oxygen atoms in total. The van der Waals surface area contributed by atoms with Gasteiger partial charge in [-0.25, -0.2) is 0 Å². The minimum absolute atomic E-state index is 0.0996. The van der Waals surface area contributed by atoms with E-state index in [1.54, 1.807) is 18.2 Å². The number of hydrogen-bond acceptors (Lipinski definition) is 2. The predicted molar refractivity (Wildman–Crippen MR) is 63.1 cm³/mol. The Kier molecular flexibility index (Phi) is 4.24. The van der Waals surface area contributed by atoms with Gasteiger partial charge in [-0.3, -0.25) is 5.41 Å². The predicted octanol–water partition coefficient (Wildman–Crippen LogP) is 3.09. The van der Waals surface area contributed by atoms with Crippen LogP contribution in [-0.2, 0) is 0 Å². The fourth-order valence-corrected chi connectivity index (χ4v) is 1.42. The van der Waals surface area contributed by atoms with E-state index in [4.69, 9.17) is 39.1 Å². The maximum atomic E-state index is 7.12. The highest BCUT2D eigenvalue weighted by atomic mass is 35.5. The number of nitrogens with two attached hydrogens (primary N) is 1. The molecule has 0 saturated carbocycles. The number of benzene rings is 1. The maximum absolute atomic E-state index is 7.12. The van der Waals surface area contributed by atoms with Crippen molar-refractivity contribution in [3.05, 3.63) is 28.2 Å². The SMILES string of the molecule is CC(CC(=N)N)Oc1ccc(Cl)c(Cl)c1. The lowest BCUT2D eigenvalue weighted by Gasteiger charge is -2.14. The first-order chi connectivity index (χ1) is 6.99. The monoisotopic (exact) mass is 246 g/mol. The number of hydrogen-bond donors (Lipinski definition) is 2. The molecule has 1 aromatic rings. The van der Waals surface area contributed by atoms with Crippen molar-refractivity contribution in [2.45, 2.75) is 19.4 Å². The smallest absolute Gasteiger partial charge is 0.121 e. The van der Waals surface area contributed by atoms with E-state index < -0.39 is 0 Å². The summed E-state index contributed by atoms with van der Waals surface area (Å²) < 4.78 is 5.50. The summed E-state index contributed by atoms with van der Waals surface area (Å²) in [6.07, 6.45) is 0.236. The van der Waals surface area contributed by atoms with Crippen molar-refractivity contribution in [3.8, 4) is 5.75 Å². The molecule has 1 rings (SSSR count). The number of nitrogens with one attached hydrogen (secondary N) is 1. The van der Waals surface area contributed by atoms with Gasteiger partial charge in [0.2, 0.25) is 0 Å². The van der Waals surface area contributed by atoms with Crippen LogP contribution in [-0.4, -0.2) is 11.9 Å². The molecule has 5 heteroatoms. The molecule has 3 N–H and O–H groups in total. The van der Waals surface area contributed by atoms with E-state index in [1.165, 1.54) is 0 Å². The summed E-state index contributed by atoms with van der Waals surface area (Å²) in [5, 5.41) is 8.05. The second-order valence-corrected chi connectivity index (χ2v) is 4.05. The van der Waals surface area contributed by atoms with Crippen molar-refractivity contribution in [1.82, 2.24) is 0 Å². The lowest BCUT2D eigenvalue weighted by Crippen LogP contribution is -2.21. The quantitative estimate of drug-likeness (QED) is 0.634. The Morgan fingerprint density at radius 3 is 2.67 bits per heavy atom. The molecule has 0 fully saturated rings. The lowest BCUT2D eigenvalue weighted by molar-refractivity contribution is 0.229. The van der Waals surface area contributed by atoms with Crippen LogP contribution in [0.3, 0.4) is 0 Å². The van der Waals surface area contributed by atoms with Gasteiger partial charge in [0, 0.05) is 12.5 Å². The standard InChI is InChI=1S/C10H12Cl2N2O/c1-6(4-10(13)14)15-7-2-3-8(11)9(12)5-7/h2-3,5-6H,4H2,1H3,(H3,13,14). The van der Waals surface area contributed by atoms with Gasteiger partial charge >= 0.3 is 0 Å². The molecule has 0 bridgehead atoms. The molecule has 15 heavy (non-hydrogen) atoms. The summed E-state index contributed by atoms with van der Waals surface area (Å²) in [4.78, 5) is 0. The molecular formula is C10H12Cl2N2O. The summed E-state index contributed by atoms with van der Waals surface area (Å²) in [6.45, 7) is 1.84. The van der Waals surface area contributed by atoms with Crippen molar-refractivity contribution < 1.29 is 4.74 Å². The van der Waals surface area contributed by atoms with Crippen LogP contribution in [0.5, 0.6) is 5.75 Å². The third kappa shape index (κ3) is 3.98. The average molecular weight is 247 g/mol. The molecule has 0 aliphatic carbocycles. The largest absolute Gasteiger partial charge is 0.490 e. The van der Waals surface area contributed by atoms with Gasteiger partial charge in [-0.15, -0.1) is 0 Å². The van der Waals surface area contributed by atoms with E-state index in [0.29, 0.717) is 22.2 Å². The van der Waals surface area contributed by atoms with Gasteiger partial charge in [0.25, 0.3) is 0 Å². The van der Waals surface area contributed by atoms with Gasteiger partial charge in [-0.05, 0) is 19.1 Å². The summed E-state index contributed by atoms with van der Waals surface area (Å²) in [5.74, 6) is 0.723. The highest BCUT2D eigenvalue weighted by molar-refractivity contribution is 6.42. The third-order valence-corrected chi connectivity index (χ3v) is 2.47. The molecule has 1 unspecified atom stereocenters. The van der Waals surface area contributed by atoms with Gasteiger partial charge in [-0.2, -0.15) is 0 Å². The van der Waals surface area contributed by atoms with Gasteiger partial charge in [0.05, 0.1) is 15.9 Å². The van der Waals surface area contributed by atoms with Crippen LogP contribution in [0.1, 0.15) is 13.3 Å². The molecule has 0 amide bonds. The van der Waals surface area contributed by atoms with Crippen LogP contribution >= 0.6 is 23.2 Å². The van der Waals surface area contributed by atoms with Crippen molar-refractivity contribution in [2.75, 3.05) is 0 Å². The lowest BCUT2D eigenvalue weighted by atomic mass is 10.2. The topological polar surface area (TPSA) is 59.1 Å². The molecule has 82 valence electrons. The van der Waals surface area contributed by atoms with Crippen molar-refractivity contribution in [2.24, 2.45) is 5.73 Å². The van der Waals surface area contributed by atoms with Crippen molar-refractivity contribution >= 4 is 29.0 Å². The molecule has 0 aliphatic heterocycles. The second kappa shape index (κ2) is 5.24. The zero-order chi connectivity index (χ0) is 11.4. The van der Waals surface area contributed by atoms with E-state index in [2.05, 4.69) is 0 Å². The summed E-state index contributed by atoms with van der Waals surface area (Å²) in [5.41, 5.74) is 5.26. The molecule has 0 aromatic heterocycles. The molecular weight excluding hydrogens is 235 g/mol. The summed E-state index contributed by atoms with van der Waals surface area (Å²) >= 11 is 11.6. The molecule has 1 aromatic carbocycles. The zero-order valence-corrected chi connectivity index (χ0v) is 9.77. The van der Waals surface area contributed by atoms with Crippen LogP contribution in [0.15, 0.2) is 18.2 Å². The zero-order valence-electron chi connectivity index (χ0n) is 8.26. The van der Waals surface area contributed by atoms with Crippen LogP contribution < -0.4 is 10.5 Å². The Morgan fingerprint density at radius 1 is 1.47 bits per heavy atom. The van der Waals surface area contributed by atoms with E-state index in [-0.39, 0.29) is 11.9 Å². The van der Waals surface area contributed by atoms with E-state index in [0.717, 1.165) is 0 Å². The molecule has 0 saturated heterocycles. The Labute approximate surface area is 98.6 Å². The molecule has 1 atom stereocenters. The molecule has 0 heterocycles. The van der Waals surface area contributed by atoms with Crippen molar-refractivity contribution in [1.29, 1.82) is 5.41 Å². The Bertz CT molecular complexity index is 368. The summed E-state index contributed by atoms with van der Waals surface area (Å²) in [7, 11) is 0. The van der Waals surface area contributed by atoms with E-state index in [1.807, 2.05) is 6.92 Å². The van der Waals surface area contributed by atoms with Gasteiger partial charge in [0.1, 0.15) is 11.9 Å². The Balaban J connectivity index is 2.64. The average Bonchev–Trinajstić information content (AvgIpc) is 2.10. The highest BCUT2D eigenvalue weighted by Crippen LogP contribution is 2.26. The number of halogens is 2. The first-order valence-corrected chi connectivity index (χ1v) is 5.19. The highest BCUT2D eigenvalue weighted by Gasteiger charge is 2.07. The Hall–Kier alpha value is -0.930. The van der Waals surface area contributed by atoms with Crippen LogP contribution in [0, 0.1) is 5.41 Å². The molecule has 0 radical (unpaired) electrons. The minimum Gasteiger partial charge on any atom is -0.490 e. The van der Waals surface area contributed by atoms with E-state index >= 15 is 0 Å². The second-order valence-electron chi connectivity index (χ2n) is 3.23. The van der Waals surface area contributed by atoms with Crippen LogP contribution in [0.25, 0.3) is 0 Å². The normalized spacial score (nSPS) is 12.2. The fourth-order valence-electron chi connectivity index (χ4n) is 1.13. The van der Waals surface area contributed by atoms with Gasteiger partial charge in [0.15, 0.2) is 0 Å². The fraction of sp³-hybridized carbons (Fsp3) is 0.300.